The van der Waals surface area contributed by atoms with Gasteiger partial charge in [0.2, 0.25) is 0 Å². The fourth-order valence-corrected chi connectivity index (χ4v) is 3.00. The molecule has 2 heterocycles. The van der Waals surface area contributed by atoms with Crippen LogP contribution in [0.5, 0.6) is 0 Å². The summed E-state index contributed by atoms with van der Waals surface area (Å²) in [6, 6.07) is 1.96. The van der Waals surface area contributed by atoms with Gasteiger partial charge in [-0.3, -0.25) is 0 Å². The van der Waals surface area contributed by atoms with Crippen molar-refractivity contribution in [1.82, 2.24) is 10.3 Å². The minimum atomic E-state index is 0.459. The summed E-state index contributed by atoms with van der Waals surface area (Å²) in [5.74, 6) is 0.459. The van der Waals surface area contributed by atoms with E-state index in [1.165, 1.54) is 10.6 Å². The van der Waals surface area contributed by atoms with Gasteiger partial charge in [-0.25, -0.2) is 4.98 Å². The molecular formula is C14H20N2OS. The first-order valence-electron chi connectivity index (χ1n) is 6.45. The zero-order valence-electron chi connectivity index (χ0n) is 11.2. The average molecular weight is 264 g/mol. The fraction of sp³-hybridized carbons (Fsp3) is 0.500. The van der Waals surface area contributed by atoms with E-state index in [0.717, 1.165) is 30.1 Å². The maximum Gasteiger partial charge on any atom is 0.127 e. The summed E-state index contributed by atoms with van der Waals surface area (Å²) in [6.07, 6.45) is 4.61. The summed E-state index contributed by atoms with van der Waals surface area (Å²) < 4.78 is 5.13. The first-order valence-corrected chi connectivity index (χ1v) is 7.27. The van der Waals surface area contributed by atoms with Gasteiger partial charge < -0.3 is 9.73 Å². The Morgan fingerprint density at radius 2 is 2.28 bits per heavy atom. The van der Waals surface area contributed by atoms with Crippen LogP contribution in [0.2, 0.25) is 0 Å². The Balaban J connectivity index is 2.21. The monoisotopic (exact) mass is 264 g/mol. The van der Waals surface area contributed by atoms with Gasteiger partial charge in [0, 0.05) is 17.0 Å². The van der Waals surface area contributed by atoms with Gasteiger partial charge in [-0.2, -0.15) is 0 Å². The highest BCUT2D eigenvalue weighted by molar-refractivity contribution is 7.15. The Morgan fingerprint density at radius 3 is 2.89 bits per heavy atom. The molecule has 18 heavy (non-hydrogen) atoms. The molecule has 0 spiro atoms. The number of nitrogens with zero attached hydrogens (tertiary/aromatic N) is 1. The van der Waals surface area contributed by atoms with Crippen LogP contribution in [0.4, 0.5) is 0 Å². The van der Waals surface area contributed by atoms with E-state index in [1.807, 2.05) is 6.07 Å². The SMILES string of the molecule is CCCNCc1sc(-c2ccoc2)nc1C(C)C. The molecule has 0 aliphatic rings. The van der Waals surface area contributed by atoms with Crippen LogP contribution in [0, 0.1) is 0 Å². The third kappa shape index (κ3) is 3.00. The molecule has 0 aliphatic carbocycles. The summed E-state index contributed by atoms with van der Waals surface area (Å²) in [7, 11) is 0. The van der Waals surface area contributed by atoms with Crippen LogP contribution < -0.4 is 5.32 Å². The van der Waals surface area contributed by atoms with Crippen LogP contribution in [-0.2, 0) is 6.54 Å². The molecule has 1 N–H and O–H groups in total. The van der Waals surface area contributed by atoms with Gasteiger partial charge in [-0.1, -0.05) is 20.8 Å². The molecule has 0 unspecified atom stereocenters. The lowest BCUT2D eigenvalue weighted by Gasteiger charge is -2.05. The second-order valence-corrected chi connectivity index (χ2v) is 5.75. The van der Waals surface area contributed by atoms with Crippen LogP contribution in [0.3, 0.4) is 0 Å². The second-order valence-electron chi connectivity index (χ2n) is 4.67. The normalized spacial score (nSPS) is 11.3. The van der Waals surface area contributed by atoms with Gasteiger partial charge in [0.1, 0.15) is 11.3 Å². The zero-order chi connectivity index (χ0) is 13.0. The molecule has 0 saturated carbocycles. The average Bonchev–Trinajstić information content (AvgIpc) is 2.97. The molecule has 0 radical (unpaired) electrons. The van der Waals surface area contributed by atoms with Crippen molar-refractivity contribution < 1.29 is 4.42 Å². The smallest absolute Gasteiger partial charge is 0.127 e. The van der Waals surface area contributed by atoms with Crippen LogP contribution in [0.15, 0.2) is 23.0 Å². The molecule has 0 saturated heterocycles. The molecule has 3 nitrogen and oxygen atoms in total. The maximum absolute atomic E-state index is 5.13. The molecule has 2 aromatic heterocycles. The molecule has 0 bridgehead atoms. The summed E-state index contributed by atoms with van der Waals surface area (Å²) in [4.78, 5) is 6.09. The third-order valence-corrected chi connectivity index (χ3v) is 3.88. The minimum absolute atomic E-state index is 0.459. The largest absolute Gasteiger partial charge is 0.472 e. The predicted octanol–water partition coefficient (Wildman–Crippen LogP) is 4.03. The highest BCUT2D eigenvalue weighted by Gasteiger charge is 2.15. The number of thiazole rings is 1. The molecule has 98 valence electrons. The Hall–Kier alpha value is -1.13. The Kier molecular flexibility index (Phi) is 4.55. The van der Waals surface area contributed by atoms with E-state index < -0.39 is 0 Å². The number of rotatable bonds is 6. The molecule has 0 amide bonds. The lowest BCUT2D eigenvalue weighted by Crippen LogP contribution is -2.14. The van der Waals surface area contributed by atoms with E-state index in [4.69, 9.17) is 9.40 Å². The summed E-state index contributed by atoms with van der Waals surface area (Å²) in [6.45, 7) is 8.53. The van der Waals surface area contributed by atoms with Crippen LogP contribution in [0.1, 0.15) is 43.7 Å². The van der Waals surface area contributed by atoms with Crippen molar-refractivity contribution in [3.05, 3.63) is 29.2 Å². The minimum Gasteiger partial charge on any atom is -0.472 e. The highest BCUT2D eigenvalue weighted by Crippen LogP contribution is 2.31. The highest BCUT2D eigenvalue weighted by atomic mass is 32.1. The first-order chi connectivity index (χ1) is 8.72. The standard InChI is InChI=1S/C14H20N2OS/c1-4-6-15-8-12-13(10(2)3)16-14(18-12)11-5-7-17-9-11/h5,7,9-10,15H,4,6,8H2,1-3H3. The van der Waals surface area contributed by atoms with Gasteiger partial charge in [0.05, 0.1) is 12.0 Å². The van der Waals surface area contributed by atoms with Gasteiger partial charge in [-0.05, 0) is 24.9 Å². The Bertz CT molecular complexity index is 474. The molecule has 0 aliphatic heterocycles. The zero-order valence-corrected chi connectivity index (χ0v) is 12.0. The van der Waals surface area contributed by atoms with E-state index in [0.29, 0.717) is 5.92 Å². The molecule has 0 atom stereocenters. The number of aromatic nitrogens is 1. The number of hydrogen-bond acceptors (Lipinski definition) is 4. The molecular weight excluding hydrogens is 244 g/mol. The fourth-order valence-electron chi connectivity index (χ4n) is 1.83. The lowest BCUT2D eigenvalue weighted by atomic mass is 10.1. The number of hydrogen-bond donors (Lipinski definition) is 1. The molecule has 0 fully saturated rings. The van der Waals surface area contributed by atoms with Crippen LogP contribution in [-0.4, -0.2) is 11.5 Å². The molecule has 0 aromatic carbocycles. The van der Waals surface area contributed by atoms with Crippen molar-refractivity contribution in [1.29, 1.82) is 0 Å². The van der Waals surface area contributed by atoms with Gasteiger partial charge in [-0.15, -0.1) is 11.3 Å². The van der Waals surface area contributed by atoms with E-state index in [2.05, 4.69) is 26.1 Å². The quantitative estimate of drug-likeness (QED) is 0.801. The number of nitrogens with one attached hydrogen (secondary N) is 1. The van der Waals surface area contributed by atoms with Crippen molar-refractivity contribution >= 4 is 11.3 Å². The van der Waals surface area contributed by atoms with Crippen LogP contribution >= 0.6 is 11.3 Å². The van der Waals surface area contributed by atoms with Crippen molar-refractivity contribution in [3.8, 4) is 10.6 Å². The van der Waals surface area contributed by atoms with E-state index >= 15 is 0 Å². The van der Waals surface area contributed by atoms with E-state index in [9.17, 15) is 0 Å². The second kappa shape index (κ2) is 6.16. The van der Waals surface area contributed by atoms with Gasteiger partial charge in [0.15, 0.2) is 0 Å². The Labute approximate surface area is 112 Å². The van der Waals surface area contributed by atoms with Crippen molar-refractivity contribution in [2.24, 2.45) is 0 Å². The summed E-state index contributed by atoms with van der Waals surface area (Å²) >= 11 is 1.76. The van der Waals surface area contributed by atoms with E-state index in [1.54, 1.807) is 23.9 Å². The maximum atomic E-state index is 5.13. The molecule has 4 heteroatoms. The third-order valence-electron chi connectivity index (χ3n) is 2.75. The molecule has 2 aromatic rings. The first kappa shape index (κ1) is 13.3. The topological polar surface area (TPSA) is 38.1 Å². The lowest BCUT2D eigenvalue weighted by molar-refractivity contribution is 0.568. The van der Waals surface area contributed by atoms with Gasteiger partial charge >= 0.3 is 0 Å². The number of furan rings is 1. The predicted molar refractivity (Wildman–Crippen MR) is 75.9 cm³/mol. The Morgan fingerprint density at radius 1 is 1.44 bits per heavy atom. The summed E-state index contributed by atoms with van der Waals surface area (Å²) in [5, 5.41) is 4.51. The van der Waals surface area contributed by atoms with Crippen LogP contribution in [0.25, 0.3) is 10.6 Å². The van der Waals surface area contributed by atoms with Gasteiger partial charge in [0.25, 0.3) is 0 Å². The molecule has 2 rings (SSSR count). The van der Waals surface area contributed by atoms with Crippen molar-refractivity contribution in [2.45, 2.75) is 39.7 Å². The summed E-state index contributed by atoms with van der Waals surface area (Å²) in [5.41, 5.74) is 2.28. The van der Waals surface area contributed by atoms with Crippen molar-refractivity contribution in [2.75, 3.05) is 6.54 Å². The van der Waals surface area contributed by atoms with Crippen molar-refractivity contribution in [3.63, 3.8) is 0 Å². The van der Waals surface area contributed by atoms with E-state index in [-0.39, 0.29) is 0 Å².